The highest BCUT2D eigenvalue weighted by atomic mass is 32.1. The van der Waals surface area contributed by atoms with E-state index in [0.29, 0.717) is 13.1 Å². The molecule has 0 aliphatic carbocycles. The third-order valence-electron chi connectivity index (χ3n) is 4.24. The molecule has 21 heavy (non-hydrogen) atoms. The van der Waals surface area contributed by atoms with Crippen LogP contribution in [0.1, 0.15) is 34.3 Å². The van der Waals surface area contributed by atoms with Crippen molar-refractivity contribution in [2.24, 2.45) is 0 Å². The van der Waals surface area contributed by atoms with Gasteiger partial charge in [-0.15, -0.1) is 11.3 Å². The molecule has 5 nitrogen and oxygen atoms in total. The predicted octanol–water partition coefficient (Wildman–Crippen LogP) is 1.94. The molecule has 3 heterocycles. The van der Waals surface area contributed by atoms with Crippen LogP contribution < -0.4 is 5.32 Å². The lowest BCUT2D eigenvalue weighted by Gasteiger charge is -2.36. The summed E-state index contributed by atoms with van der Waals surface area (Å²) >= 11 is 1.58. The van der Waals surface area contributed by atoms with Gasteiger partial charge < -0.3 is 15.1 Å². The Bertz CT molecular complexity index is 543. The third kappa shape index (κ3) is 2.90. The Morgan fingerprint density at radius 3 is 2.95 bits per heavy atom. The van der Waals surface area contributed by atoms with Gasteiger partial charge in [-0.2, -0.15) is 0 Å². The Labute approximate surface area is 128 Å². The van der Waals surface area contributed by atoms with E-state index in [0.717, 1.165) is 37.2 Å². The summed E-state index contributed by atoms with van der Waals surface area (Å²) in [6.45, 7) is 5.03. The van der Waals surface area contributed by atoms with E-state index in [4.69, 9.17) is 0 Å². The standard InChI is InChI=1S/C15H21N3O2S/c1-2-12-5-6-13(21-12)14(19)17-8-3-4-11(10-17)18-9-7-16-15(18)20/h5-6,11H,2-4,7-10H2,1H3,(H,16,20)/t11-/m0/s1. The van der Waals surface area contributed by atoms with Gasteiger partial charge in [-0.3, -0.25) is 4.79 Å². The normalized spacial score (nSPS) is 22.5. The first-order chi connectivity index (χ1) is 10.2. The predicted molar refractivity (Wildman–Crippen MR) is 82.7 cm³/mol. The highest BCUT2D eigenvalue weighted by Crippen LogP contribution is 2.23. The van der Waals surface area contributed by atoms with Crippen LogP contribution in [-0.2, 0) is 6.42 Å². The average molecular weight is 307 g/mol. The van der Waals surface area contributed by atoms with Crippen LogP contribution in [0.3, 0.4) is 0 Å². The van der Waals surface area contributed by atoms with E-state index in [9.17, 15) is 9.59 Å². The zero-order valence-corrected chi connectivity index (χ0v) is 13.1. The number of carbonyl (C=O) groups is 2. The number of thiophene rings is 1. The molecular formula is C15H21N3O2S. The highest BCUT2D eigenvalue weighted by molar-refractivity contribution is 7.14. The van der Waals surface area contributed by atoms with Crippen LogP contribution in [0.5, 0.6) is 0 Å². The molecule has 114 valence electrons. The fourth-order valence-corrected chi connectivity index (χ4v) is 3.98. The lowest BCUT2D eigenvalue weighted by molar-refractivity contribution is 0.0639. The number of piperidine rings is 1. The second-order valence-electron chi connectivity index (χ2n) is 5.59. The van der Waals surface area contributed by atoms with E-state index in [1.54, 1.807) is 11.3 Å². The molecule has 3 amide bonds. The van der Waals surface area contributed by atoms with Crippen molar-refractivity contribution in [2.45, 2.75) is 32.2 Å². The van der Waals surface area contributed by atoms with E-state index in [1.807, 2.05) is 21.9 Å². The van der Waals surface area contributed by atoms with Gasteiger partial charge in [-0.1, -0.05) is 6.92 Å². The third-order valence-corrected chi connectivity index (χ3v) is 5.45. The molecule has 1 atom stereocenters. The molecule has 2 aliphatic rings. The summed E-state index contributed by atoms with van der Waals surface area (Å²) in [6.07, 6.45) is 2.92. The van der Waals surface area contributed by atoms with Gasteiger partial charge in [0.1, 0.15) is 0 Å². The Morgan fingerprint density at radius 2 is 2.29 bits per heavy atom. The zero-order chi connectivity index (χ0) is 14.8. The van der Waals surface area contributed by atoms with Crippen LogP contribution in [0.25, 0.3) is 0 Å². The highest BCUT2D eigenvalue weighted by Gasteiger charge is 2.33. The fraction of sp³-hybridized carbons (Fsp3) is 0.600. The molecule has 6 heteroatoms. The quantitative estimate of drug-likeness (QED) is 0.928. The number of likely N-dealkylation sites (tertiary alicyclic amines) is 1. The number of rotatable bonds is 3. The lowest BCUT2D eigenvalue weighted by Crippen LogP contribution is -2.50. The van der Waals surface area contributed by atoms with Crippen molar-refractivity contribution in [3.05, 3.63) is 21.9 Å². The maximum absolute atomic E-state index is 12.6. The first-order valence-electron chi connectivity index (χ1n) is 7.61. The molecule has 3 rings (SSSR count). The molecular weight excluding hydrogens is 286 g/mol. The van der Waals surface area contributed by atoms with E-state index in [2.05, 4.69) is 12.2 Å². The number of hydrogen-bond donors (Lipinski definition) is 1. The van der Waals surface area contributed by atoms with Crippen LogP contribution in [0.4, 0.5) is 4.79 Å². The maximum Gasteiger partial charge on any atom is 0.317 e. The summed E-state index contributed by atoms with van der Waals surface area (Å²) in [6, 6.07) is 4.14. The van der Waals surface area contributed by atoms with Gasteiger partial charge in [0.2, 0.25) is 0 Å². The molecule has 2 saturated heterocycles. The van der Waals surface area contributed by atoms with Crippen LogP contribution in [0.2, 0.25) is 0 Å². The average Bonchev–Trinajstić information content (AvgIpc) is 3.15. The topological polar surface area (TPSA) is 52.7 Å². The van der Waals surface area contributed by atoms with Gasteiger partial charge >= 0.3 is 6.03 Å². The smallest absolute Gasteiger partial charge is 0.317 e. The van der Waals surface area contributed by atoms with Crippen LogP contribution in [0, 0.1) is 0 Å². The van der Waals surface area contributed by atoms with Crippen molar-refractivity contribution >= 4 is 23.3 Å². The van der Waals surface area contributed by atoms with Gasteiger partial charge in [0, 0.05) is 31.1 Å². The van der Waals surface area contributed by atoms with Gasteiger partial charge in [0.15, 0.2) is 0 Å². The van der Waals surface area contributed by atoms with Gasteiger partial charge in [0.25, 0.3) is 5.91 Å². The van der Waals surface area contributed by atoms with Gasteiger partial charge in [-0.05, 0) is 31.4 Å². The Hall–Kier alpha value is -1.56. The largest absolute Gasteiger partial charge is 0.336 e. The summed E-state index contributed by atoms with van der Waals surface area (Å²) in [5.74, 6) is 0.115. The molecule has 1 aromatic heterocycles. The Morgan fingerprint density at radius 1 is 1.43 bits per heavy atom. The van der Waals surface area contributed by atoms with E-state index < -0.39 is 0 Å². The monoisotopic (exact) mass is 307 g/mol. The number of amides is 3. The van der Waals surface area contributed by atoms with Crippen LogP contribution in [0.15, 0.2) is 12.1 Å². The van der Waals surface area contributed by atoms with Crippen molar-refractivity contribution < 1.29 is 9.59 Å². The van der Waals surface area contributed by atoms with E-state index in [1.165, 1.54) is 4.88 Å². The van der Waals surface area contributed by atoms with Crippen molar-refractivity contribution in [3.63, 3.8) is 0 Å². The molecule has 2 fully saturated rings. The number of aryl methyl sites for hydroxylation is 1. The summed E-state index contributed by atoms with van der Waals surface area (Å²) < 4.78 is 0. The zero-order valence-electron chi connectivity index (χ0n) is 12.3. The maximum atomic E-state index is 12.6. The molecule has 0 spiro atoms. The second kappa shape index (κ2) is 6.05. The summed E-state index contributed by atoms with van der Waals surface area (Å²) in [5, 5.41) is 2.84. The van der Waals surface area contributed by atoms with Crippen molar-refractivity contribution in [1.29, 1.82) is 0 Å². The van der Waals surface area contributed by atoms with Gasteiger partial charge in [-0.25, -0.2) is 4.79 Å². The summed E-state index contributed by atoms with van der Waals surface area (Å²) in [4.78, 5) is 30.2. The minimum Gasteiger partial charge on any atom is -0.336 e. The molecule has 0 bridgehead atoms. The molecule has 0 aromatic carbocycles. The minimum absolute atomic E-state index is 0.0127. The van der Waals surface area contributed by atoms with E-state index in [-0.39, 0.29) is 18.0 Å². The van der Waals surface area contributed by atoms with Crippen LogP contribution >= 0.6 is 11.3 Å². The van der Waals surface area contributed by atoms with Crippen molar-refractivity contribution in [2.75, 3.05) is 26.2 Å². The number of nitrogens with one attached hydrogen (secondary N) is 1. The molecule has 0 radical (unpaired) electrons. The Kier molecular flexibility index (Phi) is 4.14. The SMILES string of the molecule is CCc1ccc(C(=O)N2CCC[C@H](N3CCNC3=O)C2)s1. The second-order valence-corrected chi connectivity index (χ2v) is 6.76. The number of nitrogens with zero attached hydrogens (tertiary/aromatic N) is 2. The molecule has 2 aliphatic heterocycles. The number of carbonyl (C=O) groups excluding carboxylic acids is 2. The van der Waals surface area contributed by atoms with Crippen molar-refractivity contribution in [1.82, 2.24) is 15.1 Å². The minimum atomic E-state index is 0.0127. The Balaban J connectivity index is 1.67. The van der Waals surface area contributed by atoms with Crippen LogP contribution in [-0.4, -0.2) is 54.0 Å². The van der Waals surface area contributed by atoms with Crippen molar-refractivity contribution in [3.8, 4) is 0 Å². The molecule has 0 unspecified atom stereocenters. The molecule has 1 N–H and O–H groups in total. The first kappa shape index (κ1) is 14.4. The first-order valence-corrected chi connectivity index (χ1v) is 8.43. The number of urea groups is 1. The molecule has 0 saturated carbocycles. The number of hydrogen-bond acceptors (Lipinski definition) is 3. The molecule has 1 aromatic rings. The van der Waals surface area contributed by atoms with Gasteiger partial charge in [0.05, 0.1) is 10.9 Å². The summed E-state index contributed by atoms with van der Waals surface area (Å²) in [7, 11) is 0. The summed E-state index contributed by atoms with van der Waals surface area (Å²) in [5.41, 5.74) is 0. The lowest BCUT2D eigenvalue weighted by atomic mass is 10.0. The fourth-order valence-electron chi connectivity index (χ4n) is 3.07. The van der Waals surface area contributed by atoms with E-state index >= 15 is 0 Å².